The SMILES string of the molecule is CC(C)(C)OC(=O)N1CCC(c2ccc(C(=O)NCc3ccn4ccnc4c3)cc2)CC1. The molecule has 1 aliphatic rings. The molecule has 2 amide bonds. The Hall–Kier alpha value is -3.35. The van der Waals surface area contributed by atoms with Crippen molar-refractivity contribution in [3.05, 3.63) is 71.7 Å². The quantitative estimate of drug-likeness (QED) is 0.661. The second-order valence-corrected chi connectivity index (χ2v) is 9.27. The van der Waals surface area contributed by atoms with Crippen LogP contribution in [0.1, 0.15) is 61.0 Å². The molecule has 7 heteroatoms. The first kappa shape index (κ1) is 21.9. The van der Waals surface area contributed by atoms with Crippen LogP contribution >= 0.6 is 0 Å². The third-order valence-electron chi connectivity index (χ3n) is 5.71. The van der Waals surface area contributed by atoms with Crippen molar-refractivity contribution in [3.63, 3.8) is 0 Å². The summed E-state index contributed by atoms with van der Waals surface area (Å²) in [5, 5.41) is 2.97. The Labute approximate surface area is 188 Å². The Bertz CT molecular complexity index is 1090. The van der Waals surface area contributed by atoms with E-state index >= 15 is 0 Å². The smallest absolute Gasteiger partial charge is 0.410 e. The molecule has 0 saturated carbocycles. The molecule has 0 spiro atoms. The van der Waals surface area contributed by atoms with E-state index in [1.807, 2.05) is 74.0 Å². The standard InChI is InChI=1S/C25H30N4O3/c1-25(2,3)32-24(31)29-13-9-20(10-14-29)19-4-6-21(7-5-19)23(30)27-17-18-8-12-28-15-11-26-22(28)16-18/h4-8,11-12,15-16,20H,9-10,13-14,17H2,1-3H3,(H,27,30). The van der Waals surface area contributed by atoms with Crippen molar-refractivity contribution < 1.29 is 14.3 Å². The van der Waals surface area contributed by atoms with Crippen molar-refractivity contribution in [1.29, 1.82) is 0 Å². The lowest BCUT2D eigenvalue weighted by Crippen LogP contribution is -2.41. The van der Waals surface area contributed by atoms with Crippen LogP contribution in [0.4, 0.5) is 4.79 Å². The highest BCUT2D eigenvalue weighted by Crippen LogP contribution is 2.29. The fraction of sp³-hybridized carbons (Fsp3) is 0.400. The van der Waals surface area contributed by atoms with Gasteiger partial charge in [-0.2, -0.15) is 0 Å². The molecule has 3 heterocycles. The van der Waals surface area contributed by atoms with Crippen LogP contribution in [-0.2, 0) is 11.3 Å². The summed E-state index contributed by atoms with van der Waals surface area (Å²) in [5.41, 5.74) is 3.23. The first-order valence-electron chi connectivity index (χ1n) is 11.1. The molecule has 0 aliphatic carbocycles. The summed E-state index contributed by atoms with van der Waals surface area (Å²) in [4.78, 5) is 30.9. The maximum atomic E-state index is 12.6. The van der Waals surface area contributed by atoms with Crippen LogP contribution in [0.3, 0.4) is 0 Å². The largest absolute Gasteiger partial charge is 0.444 e. The number of hydrogen-bond donors (Lipinski definition) is 1. The number of rotatable bonds is 4. The predicted molar refractivity (Wildman–Crippen MR) is 123 cm³/mol. The third kappa shape index (κ3) is 5.28. The van der Waals surface area contributed by atoms with Gasteiger partial charge in [0.2, 0.25) is 0 Å². The van der Waals surface area contributed by atoms with E-state index < -0.39 is 5.60 Å². The average Bonchev–Trinajstić information content (AvgIpc) is 3.24. The first-order valence-corrected chi connectivity index (χ1v) is 11.1. The Balaban J connectivity index is 1.29. The highest BCUT2D eigenvalue weighted by atomic mass is 16.6. The van der Waals surface area contributed by atoms with Gasteiger partial charge in [0.1, 0.15) is 11.2 Å². The van der Waals surface area contributed by atoms with Crippen molar-refractivity contribution in [2.45, 2.75) is 51.7 Å². The van der Waals surface area contributed by atoms with Crippen molar-refractivity contribution in [2.75, 3.05) is 13.1 Å². The van der Waals surface area contributed by atoms with Crippen LogP contribution in [0, 0.1) is 0 Å². The fourth-order valence-electron chi connectivity index (χ4n) is 3.98. The number of aromatic nitrogens is 2. The summed E-state index contributed by atoms with van der Waals surface area (Å²) in [7, 11) is 0. The molecule has 4 rings (SSSR count). The summed E-state index contributed by atoms with van der Waals surface area (Å²) in [5.74, 6) is 0.284. The monoisotopic (exact) mass is 434 g/mol. The van der Waals surface area contributed by atoms with Gasteiger partial charge in [0.25, 0.3) is 5.91 Å². The number of carbonyl (C=O) groups excluding carboxylic acids is 2. The molecule has 1 saturated heterocycles. The van der Waals surface area contributed by atoms with Crippen molar-refractivity contribution in [2.24, 2.45) is 0 Å². The van der Waals surface area contributed by atoms with E-state index in [-0.39, 0.29) is 12.0 Å². The molecular formula is C25H30N4O3. The Morgan fingerprint density at radius 2 is 1.81 bits per heavy atom. The lowest BCUT2D eigenvalue weighted by molar-refractivity contribution is 0.0204. The highest BCUT2D eigenvalue weighted by Gasteiger charge is 2.27. The topological polar surface area (TPSA) is 75.9 Å². The van der Waals surface area contributed by atoms with Gasteiger partial charge >= 0.3 is 6.09 Å². The van der Waals surface area contributed by atoms with E-state index in [9.17, 15) is 9.59 Å². The maximum Gasteiger partial charge on any atom is 0.410 e. The molecule has 1 fully saturated rings. The lowest BCUT2D eigenvalue weighted by atomic mass is 9.89. The van der Waals surface area contributed by atoms with Crippen molar-refractivity contribution >= 4 is 17.6 Å². The number of likely N-dealkylation sites (tertiary alicyclic amines) is 1. The maximum absolute atomic E-state index is 12.6. The molecule has 0 unspecified atom stereocenters. The summed E-state index contributed by atoms with van der Waals surface area (Å²) in [6.45, 7) is 7.47. The van der Waals surface area contributed by atoms with Gasteiger partial charge in [-0.15, -0.1) is 0 Å². The fourth-order valence-corrected chi connectivity index (χ4v) is 3.98. The highest BCUT2D eigenvalue weighted by molar-refractivity contribution is 5.94. The molecule has 168 valence electrons. The zero-order chi connectivity index (χ0) is 22.7. The van der Waals surface area contributed by atoms with Crippen LogP contribution < -0.4 is 5.32 Å². The predicted octanol–water partition coefficient (Wildman–Crippen LogP) is 4.38. The zero-order valence-corrected chi connectivity index (χ0v) is 18.9. The van der Waals surface area contributed by atoms with E-state index in [4.69, 9.17) is 4.74 Å². The van der Waals surface area contributed by atoms with Gasteiger partial charge in [0, 0.05) is 43.8 Å². The van der Waals surface area contributed by atoms with Crippen molar-refractivity contribution in [3.8, 4) is 0 Å². The minimum Gasteiger partial charge on any atom is -0.444 e. The van der Waals surface area contributed by atoms with Crippen LogP contribution in [0.2, 0.25) is 0 Å². The minimum absolute atomic E-state index is 0.0977. The second-order valence-electron chi connectivity index (χ2n) is 9.27. The molecule has 0 radical (unpaired) electrons. The number of hydrogen-bond acceptors (Lipinski definition) is 4. The molecule has 7 nitrogen and oxygen atoms in total. The van der Waals surface area contributed by atoms with E-state index in [2.05, 4.69) is 10.3 Å². The summed E-state index contributed by atoms with van der Waals surface area (Å²) < 4.78 is 7.40. The van der Waals surface area contributed by atoms with Gasteiger partial charge in [0.05, 0.1) is 0 Å². The van der Waals surface area contributed by atoms with Gasteiger partial charge in [0.15, 0.2) is 0 Å². The van der Waals surface area contributed by atoms with Gasteiger partial charge in [-0.1, -0.05) is 12.1 Å². The minimum atomic E-state index is -0.476. The molecule has 0 atom stereocenters. The Morgan fingerprint density at radius 3 is 2.50 bits per heavy atom. The van der Waals surface area contributed by atoms with Gasteiger partial charge in [-0.25, -0.2) is 9.78 Å². The normalized spacial score (nSPS) is 15.0. The Morgan fingerprint density at radius 1 is 1.09 bits per heavy atom. The molecular weight excluding hydrogens is 404 g/mol. The van der Waals surface area contributed by atoms with E-state index in [1.54, 1.807) is 11.1 Å². The number of ether oxygens (including phenoxy) is 1. The van der Waals surface area contributed by atoms with Gasteiger partial charge < -0.3 is 19.4 Å². The van der Waals surface area contributed by atoms with Gasteiger partial charge in [-0.05, 0) is 74.9 Å². The number of fused-ring (bicyclic) bond motifs is 1. The van der Waals surface area contributed by atoms with E-state index in [1.165, 1.54) is 5.56 Å². The number of carbonyl (C=O) groups is 2. The molecule has 1 aliphatic heterocycles. The first-order chi connectivity index (χ1) is 15.3. The van der Waals surface area contributed by atoms with E-state index in [0.717, 1.165) is 24.1 Å². The molecule has 2 aromatic heterocycles. The second kappa shape index (κ2) is 9.02. The van der Waals surface area contributed by atoms with Crippen LogP contribution in [-0.4, -0.2) is 45.0 Å². The number of piperidine rings is 1. The number of nitrogens with zero attached hydrogens (tertiary/aromatic N) is 3. The number of benzene rings is 1. The average molecular weight is 435 g/mol. The van der Waals surface area contributed by atoms with Crippen LogP contribution in [0.15, 0.2) is 55.0 Å². The zero-order valence-electron chi connectivity index (χ0n) is 18.9. The number of pyridine rings is 1. The summed E-state index contributed by atoms with van der Waals surface area (Å²) in [6.07, 6.45) is 7.12. The summed E-state index contributed by atoms with van der Waals surface area (Å²) in [6, 6.07) is 11.7. The molecule has 1 N–H and O–H groups in total. The molecule has 3 aromatic rings. The van der Waals surface area contributed by atoms with Gasteiger partial charge in [-0.3, -0.25) is 4.79 Å². The molecule has 32 heavy (non-hydrogen) atoms. The number of imidazole rings is 1. The van der Waals surface area contributed by atoms with Crippen molar-refractivity contribution in [1.82, 2.24) is 19.6 Å². The number of nitrogens with one attached hydrogen (secondary N) is 1. The van der Waals surface area contributed by atoms with E-state index in [0.29, 0.717) is 31.1 Å². The third-order valence-corrected chi connectivity index (χ3v) is 5.71. The Kier molecular flexibility index (Phi) is 6.17. The van der Waals surface area contributed by atoms with Crippen LogP contribution in [0.5, 0.6) is 0 Å². The lowest BCUT2D eigenvalue weighted by Gasteiger charge is -2.33. The van der Waals surface area contributed by atoms with Crippen LogP contribution in [0.25, 0.3) is 5.65 Å². The molecule has 1 aromatic carbocycles. The number of amides is 2. The molecule has 0 bridgehead atoms. The summed E-state index contributed by atoms with van der Waals surface area (Å²) >= 11 is 0.